The van der Waals surface area contributed by atoms with Gasteiger partial charge in [-0.15, -0.1) is 4.91 Å². The summed E-state index contributed by atoms with van der Waals surface area (Å²) in [6, 6.07) is 11.3. The fraction of sp³-hybridized carbons (Fsp3) is 0.316. The maximum Gasteiger partial charge on any atom is 0.132 e. The summed E-state index contributed by atoms with van der Waals surface area (Å²) in [7, 11) is -0.633. The van der Waals surface area contributed by atoms with E-state index in [4.69, 9.17) is 10.2 Å². The summed E-state index contributed by atoms with van der Waals surface area (Å²) in [5.74, 6) is 0. The molecule has 10 heteroatoms. The Morgan fingerprint density at radius 3 is 2.90 bits per heavy atom. The highest BCUT2D eigenvalue weighted by Gasteiger charge is 2.23. The van der Waals surface area contributed by atoms with Gasteiger partial charge in [-0.3, -0.25) is 5.10 Å². The number of benzene rings is 2. The minimum absolute atomic E-state index is 0.242. The fourth-order valence-electron chi connectivity index (χ4n) is 3.55. The number of fused-ring (bicyclic) bond motifs is 1. The molecule has 2 unspecified atom stereocenters. The van der Waals surface area contributed by atoms with E-state index in [1.807, 2.05) is 12.1 Å². The van der Waals surface area contributed by atoms with E-state index in [2.05, 4.69) is 31.7 Å². The smallest absolute Gasteiger partial charge is 0.132 e. The van der Waals surface area contributed by atoms with E-state index in [0.29, 0.717) is 4.90 Å². The Labute approximate surface area is 170 Å². The lowest BCUT2D eigenvalue weighted by Gasteiger charge is -2.35. The quantitative estimate of drug-likeness (QED) is 0.472. The number of piperidine rings is 1. The SMILES string of the molecule is CO.NS(=O)c1ccc(N2CCCC(Nc3ccc4[nH]ncc4c3)C2)c(N=O)c1. The van der Waals surface area contributed by atoms with Crippen LogP contribution in [-0.4, -0.2) is 45.8 Å². The molecule has 0 bridgehead atoms. The van der Waals surface area contributed by atoms with Crippen molar-refractivity contribution in [2.24, 2.45) is 10.3 Å². The lowest BCUT2D eigenvalue weighted by Crippen LogP contribution is -2.42. The first-order chi connectivity index (χ1) is 14.1. The number of nitroso groups, excluding NO2 is 1. The van der Waals surface area contributed by atoms with Crippen LogP contribution in [0.3, 0.4) is 0 Å². The molecule has 29 heavy (non-hydrogen) atoms. The van der Waals surface area contributed by atoms with Crippen molar-refractivity contribution in [1.29, 1.82) is 0 Å². The molecule has 1 aromatic heterocycles. The molecule has 2 atom stereocenters. The highest BCUT2D eigenvalue weighted by atomic mass is 32.2. The number of hydrogen-bond acceptors (Lipinski definition) is 7. The van der Waals surface area contributed by atoms with Crippen molar-refractivity contribution in [3.05, 3.63) is 47.5 Å². The van der Waals surface area contributed by atoms with Crippen LogP contribution in [0.25, 0.3) is 10.9 Å². The third kappa shape index (κ3) is 4.78. The molecule has 2 aromatic carbocycles. The van der Waals surface area contributed by atoms with Crippen LogP contribution in [0.4, 0.5) is 17.1 Å². The van der Waals surface area contributed by atoms with Crippen molar-refractivity contribution in [3.63, 3.8) is 0 Å². The van der Waals surface area contributed by atoms with Gasteiger partial charge < -0.3 is 15.3 Å². The number of aromatic amines is 1. The molecular formula is C19H24N6O3S. The first-order valence-electron chi connectivity index (χ1n) is 9.17. The van der Waals surface area contributed by atoms with Crippen LogP contribution in [0.1, 0.15) is 12.8 Å². The second kappa shape index (κ2) is 9.59. The molecule has 1 aliphatic heterocycles. The molecule has 2 heterocycles. The monoisotopic (exact) mass is 416 g/mol. The normalized spacial score (nSPS) is 17.3. The maximum atomic E-state index is 11.4. The lowest BCUT2D eigenvalue weighted by molar-refractivity contribution is 0.399. The Kier molecular flexibility index (Phi) is 6.91. The Bertz CT molecular complexity index is 1010. The summed E-state index contributed by atoms with van der Waals surface area (Å²) in [4.78, 5) is 13.8. The largest absolute Gasteiger partial charge is 0.400 e. The first-order valence-corrected chi connectivity index (χ1v) is 10.4. The number of anilines is 2. The van der Waals surface area contributed by atoms with Crippen molar-refractivity contribution < 1.29 is 9.32 Å². The zero-order chi connectivity index (χ0) is 20.8. The van der Waals surface area contributed by atoms with Crippen molar-refractivity contribution in [2.45, 2.75) is 23.8 Å². The average molecular weight is 417 g/mol. The predicted molar refractivity (Wildman–Crippen MR) is 116 cm³/mol. The molecule has 154 valence electrons. The average Bonchev–Trinajstić information content (AvgIpc) is 3.23. The summed E-state index contributed by atoms with van der Waals surface area (Å²) in [5, 5.41) is 27.1. The van der Waals surface area contributed by atoms with Gasteiger partial charge in [0, 0.05) is 37.3 Å². The number of H-pyrrole nitrogens is 1. The number of rotatable bonds is 5. The van der Waals surface area contributed by atoms with Crippen molar-refractivity contribution in [3.8, 4) is 0 Å². The Morgan fingerprint density at radius 2 is 2.14 bits per heavy atom. The molecule has 9 nitrogen and oxygen atoms in total. The highest BCUT2D eigenvalue weighted by Crippen LogP contribution is 2.33. The summed E-state index contributed by atoms with van der Waals surface area (Å²) in [6.07, 6.45) is 3.84. The van der Waals surface area contributed by atoms with E-state index < -0.39 is 11.0 Å². The molecule has 1 saturated heterocycles. The van der Waals surface area contributed by atoms with Gasteiger partial charge in [0.15, 0.2) is 0 Å². The minimum atomic E-state index is -1.63. The second-order valence-electron chi connectivity index (χ2n) is 6.64. The second-order valence-corrected chi connectivity index (χ2v) is 7.71. The minimum Gasteiger partial charge on any atom is -0.400 e. The fourth-order valence-corrected chi connectivity index (χ4v) is 3.98. The molecular weight excluding hydrogens is 392 g/mol. The van der Waals surface area contributed by atoms with Crippen LogP contribution in [0, 0.1) is 4.91 Å². The molecule has 0 aliphatic carbocycles. The predicted octanol–water partition coefficient (Wildman–Crippen LogP) is 2.63. The van der Waals surface area contributed by atoms with Gasteiger partial charge in [0.25, 0.3) is 0 Å². The van der Waals surface area contributed by atoms with Crippen molar-refractivity contribution >= 4 is 39.0 Å². The molecule has 5 N–H and O–H groups in total. The molecule has 1 aliphatic rings. The van der Waals surface area contributed by atoms with Gasteiger partial charge in [0.1, 0.15) is 16.7 Å². The zero-order valence-corrected chi connectivity index (χ0v) is 16.9. The van der Waals surface area contributed by atoms with Crippen LogP contribution in [-0.2, 0) is 11.0 Å². The third-order valence-corrected chi connectivity index (χ3v) is 5.57. The van der Waals surface area contributed by atoms with Gasteiger partial charge in [0.2, 0.25) is 0 Å². The summed E-state index contributed by atoms with van der Waals surface area (Å²) in [6.45, 7) is 1.59. The van der Waals surface area contributed by atoms with E-state index in [-0.39, 0.29) is 11.7 Å². The molecule has 0 saturated carbocycles. The number of nitrogens with zero attached hydrogens (tertiary/aromatic N) is 3. The number of nitrogens with two attached hydrogens (primary N) is 1. The number of aromatic nitrogens is 2. The van der Waals surface area contributed by atoms with Crippen LogP contribution < -0.4 is 15.4 Å². The standard InChI is InChI=1S/C18H20N6O2S.CH4O/c19-27(26)15-4-6-18(17(9-15)23-25)24-7-1-2-14(11-24)21-13-3-5-16-12(8-13)10-20-22-16;1-2/h3-6,8-10,14,21H,1-2,7,11,19H2,(H,20,22);2H,1H3. The van der Waals surface area contributed by atoms with Crippen LogP contribution in [0.2, 0.25) is 0 Å². The maximum absolute atomic E-state index is 11.4. The van der Waals surface area contributed by atoms with Crippen LogP contribution in [0.5, 0.6) is 0 Å². The van der Waals surface area contributed by atoms with E-state index in [1.54, 1.807) is 18.3 Å². The topological polar surface area (TPSA) is 137 Å². The van der Waals surface area contributed by atoms with Gasteiger partial charge in [-0.05, 0) is 54.4 Å². The van der Waals surface area contributed by atoms with Gasteiger partial charge in [-0.25, -0.2) is 9.35 Å². The summed E-state index contributed by atoms with van der Waals surface area (Å²) >= 11 is 0. The third-order valence-electron chi connectivity index (χ3n) is 4.85. The number of hydrogen-bond donors (Lipinski definition) is 4. The van der Waals surface area contributed by atoms with Crippen molar-refractivity contribution in [2.75, 3.05) is 30.4 Å². The Balaban J connectivity index is 0.00000117. The Hall–Kier alpha value is -2.82. The number of nitrogens with one attached hydrogen (secondary N) is 2. The summed E-state index contributed by atoms with van der Waals surface area (Å²) in [5.41, 5.74) is 3.06. The number of aliphatic hydroxyl groups is 1. The Morgan fingerprint density at radius 1 is 1.31 bits per heavy atom. The molecule has 0 amide bonds. The van der Waals surface area contributed by atoms with E-state index in [1.165, 1.54) is 6.07 Å². The molecule has 3 aromatic rings. The highest BCUT2D eigenvalue weighted by molar-refractivity contribution is 7.82. The van der Waals surface area contributed by atoms with Gasteiger partial charge in [-0.2, -0.15) is 5.10 Å². The number of aliphatic hydroxyl groups excluding tert-OH is 1. The lowest BCUT2D eigenvalue weighted by atomic mass is 10.0. The van der Waals surface area contributed by atoms with Crippen LogP contribution in [0.15, 0.2) is 52.7 Å². The van der Waals surface area contributed by atoms with Crippen molar-refractivity contribution in [1.82, 2.24) is 10.2 Å². The molecule has 0 radical (unpaired) electrons. The zero-order valence-electron chi connectivity index (χ0n) is 16.0. The molecule has 0 spiro atoms. The van der Waals surface area contributed by atoms with Crippen LogP contribution >= 0.6 is 0 Å². The first kappa shape index (κ1) is 20.9. The van der Waals surface area contributed by atoms with Gasteiger partial charge >= 0.3 is 0 Å². The van der Waals surface area contributed by atoms with Gasteiger partial charge in [0.05, 0.1) is 22.3 Å². The summed E-state index contributed by atoms with van der Waals surface area (Å²) < 4.78 is 11.4. The van der Waals surface area contributed by atoms with E-state index in [9.17, 15) is 9.12 Å². The molecule has 4 rings (SSSR count). The van der Waals surface area contributed by atoms with E-state index in [0.717, 1.165) is 55.3 Å². The molecule has 1 fully saturated rings. The van der Waals surface area contributed by atoms with E-state index >= 15 is 0 Å². The van der Waals surface area contributed by atoms with Gasteiger partial charge in [-0.1, -0.05) is 0 Å².